The van der Waals surface area contributed by atoms with Crippen LogP contribution in [-0.2, 0) is 4.79 Å². The standard InChI is InChI=1S/C22H25N3O2S/c1-15(16-7-9-18(27-2)10-8-16)23-21(26)17-11-13-25(14-12-17)22-24-19-5-3-4-6-20(19)28-22/h3-10,15,17H,11-14H2,1-2H3,(H,23,26). The fraction of sp³-hybridized carbons (Fsp3) is 0.364. The average Bonchev–Trinajstić information content (AvgIpc) is 3.18. The fourth-order valence-corrected chi connectivity index (χ4v) is 4.65. The van der Waals surface area contributed by atoms with E-state index in [4.69, 9.17) is 9.72 Å². The number of benzene rings is 2. The summed E-state index contributed by atoms with van der Waals surface area (Å²) >= 11 is 1.73. The number of amides is 1. The Morgan fingerprint density at radius 3 is 2.57 bits per heavy atom. The van der Waals surface area contributed by atoms with Gasteiger partial charge in [0, 0.05) is 19.0 Å². The Morgan fingerprint density at radius 2 is 1.89 bits per heavy atom. The number of aromatic nitrogens is 1. The fourth-order valence-electron chi connectivity index (χ4n) is 3.64. The van der Waals surface area contributed by atoms with Crippen LogP contribution in [0.15, 0.2) is 48.5 Å². The lowest BCUT2D eigenvalue weighted by atomic mass is 9.95. The number of hydrogen-bond acceptors (Lipinski definition) is 5. The van der Waals surface area contributed by atoms with Crippen LogP contribution in [0, 0.1) is 5.92 Å². The van der Waals surface area contributed by atoms with E-state index in [1.807, 2.05) is 43.3 Å². The van der Waals surface area contributed by atoms with Crippen LogP contribution in [0.25, 0.3) is 10.2 Å². The predicted octanol–water partition coefficient (Wildman–Crippen LogP) is 4.40. The molecule has 2 heterocycles. The number of hydrogen-bond donors (Lipinski definition) is 1. The molecule has 28 heavy (non-hydrogen) atoms. The summed E-state index contributed by atoms with van der Waals surface area (Å²) in [6, 6.07) is 16.1. The molecule has 1 N–H and O–H groups in total. The molecule has 0 radical (unpaired) electrons. The SMILES string of the molecule is COc1ccc(C(C)NC(=O)C2CCN(c3nc4ccccc4s3)CC2)cc1. The van der Waals surface area contributed by atoms with Gasteiger partial charge in [0.25, 0.3) is 0 Å². The van der Waals surface area contributed by atoms with E-state index in [0.717, 1.165) is 47.9 Å². The Bertz CT molecular complexity index is 913. The summed E-state index contributed by atoms with van der Waals surface area (Å²) in [4.78, 5) is 19.8. The molecule has 1 aliphatic heterocycles. The first-order valence-corrected chi connectivity index (χ1v) is 10.5. The van der Waals surface area contributed by atoms with E-state index in [1.165, 1.54) is 4.70 Å². The number of fused-ring (bicyclic) bond motifs is 1. The summed E-state index contributed by atoms with van der Waals surface area (Å²) in [6.07, 6.45) is 1.72. The smallest absolute Gasteiger partial charge is 0.223 e. The Hall–Kier alpha value is -2.60. The summed E-state index contributed by atoms with van der Waals surface area (Å²) < 4.78 is 6.41. The second-order valence-corrected chi connectivity index (χ2v) is 8.24. The van der Waals surface area contributed by atoms with E-state index in [2.05, 4.69) is 22.3 Å². The highest BCUT2D eigenvalue weighted by Gasteiger charge is 2.27. The summed E-state index contributed by atoms with van der Waals surface area (Å²) in [5, 5.41) is 4.23. The number of carbonyl (C=O) groups excluding carboxylic acids is 1. The Balaban J connectivity index is 1.33. The van der Waals surface area contributed by atoms with Crippen LogP contribution in [0.1, 0.15) is 31.4 Å². The van der Waals surface area contributed by atoms with Gasteiger partial charge in [0.15, 0.2) is 5.13 Å². The Labute approximate surface area is 169 Å². The van der Waals surface area contributed by atoms with Gasteiger partial charge in [-0.2, -0.15) is 0 Å². The number of anilines is 1. The number of para-hydroxylation sites is 1. The van der Waals surface area contributed by atoms with E-state index in [9.17, 15) is 4.79 Å². The molecule has 1 amide bonds. The van der Waals surface area contributed by atoms with Crippen molar-refractivity contribution in [2.45, 2.75) is 25.8 Å². The van der Waals surface area contributed by atoms with Crippen LogP contribution >= 0.6 is 11.3 Å². The van der Waals surface area contributed by atoms with E-state index in [-0.39, 0.29) is 17.9 Å². The number of methoxy groups -OCH3 is 1. The quantitative estimate of drug-likeness (QED) is 0.696. The maximum absolute atomic E-state index is 12.7. The van der Waals surface area contributed by atoms with Crippen LogP contribution in [0.5, 0.6) is 5.75 Å². The predicted molar refractivity (Wildman–Crippen MR) is 114 cm³/mol. The number of nitrogens with zero attached hydrogens (tertiary/aromatic N) is 2. The second kappa shape index (κ2) is 8.19. The van der Waals surface area contributed by atoms with Gasteiger partial charge in [-0.1, -0.05) is 35.6 Å². The van der Waals surface area contributed by atoms with Gasteiger partial charge in [-0.05, 0) is 49.6 Å². The van der Waals surface area contributed by atoms with Gasteiger partial charge in [-0.3, -0.25) is 4.79 Å². The maximum Gasteiger partial charge on any atom is 0.223 e. The average molecular weight is 396 g/mol. The minimum atomic E-state index is -0.0132. The molecule has 146 valence electrons. The molecule has 0 saturated carbocycles. The molecular weight excluding hydrogens is 370 g/mol. The molecule has 1 unspecified atom stereocenters. The zero-order chi connectivity index (χ0) is 19.5. The molecule has 2 aromatic carbocycles. The van der Waals surface area contributed by atoms with Crippen molar-refractivity contribution in [1.29, 1.82) is 0 Å². The molecule has 1 saturated heterocycles. The highest BCUT2D eigenvalue weighted by atomic mass is 32.1. The van der Waals surface area contributed by atoms with Gasteiger partial charge < -0.3 is 15.0 Å². The third kappa shape index (κ3) is 3.97. The summed E-state index contributed by atoms with van der Waals surface area (Å²) in [6.45, 7) is 3.76. The normalized spacial score (nSPS) is 16.1. The third-order valence-corrected chi connectivity index (χ3v) is 6.49. The van der Waals surface area contributed by atoms with Crippen LogP contribution < -0.4 is 15.0 Å². The van der Waals surface area contributed by atoms with Crippen molar-refractivity contribution in [3.63, 3.8) is 0 Å². The van der Waals surface area contributed by atoms with Crippen molar-refractivity contribution in [2.75, 3.05) is 25.1 Å². The molecule has 5 nitrogen and oxygen atoms in total. The number of piperidine rings is 1. The minimum absolute atomic E-state index is 0.0132. The van der Waals surface area contributed by atoms with Crippen LogP contribution in [-0.4, -0.2) is 31.1 Å². The lowest BCUT2D eigenvalue weighted by Gasteiger charge is -2.31. The maximum atomic E-state index is 12.7. The molecule has 1 aliphatic rings. The summed E-state index contributed by atoms with van der Waals surface area (Å²) in [7, 11) is 1.65. The highest BCUT2D eigenvalue weighted by Crippen LogP contribution is 2.31. The minimum Gasteiger partial charge on any atom is -0.497 e. The van der Waals surface area contributed by atoms with Gasteiger partial charge in [-0.25, -0.2) is 4.98 Å². The van der Waals surface area contributed by atoms with Crippen LogP contribution in [0.2, 0.25) is 0 Å². The lowest BCUT2D eigenvalue weighted by molar-refractivity contribution is -0.126. The van der Waals surface area contributed by atoms with Crippen LogP contribution in [0.3, 0.4) is 0 Å². The van der Waals surface area contributed by atoms with Gasteiger partial charge in [0.2, 0.25) is 5.91 Å². The van der Waals surface area contributed by atoms with Crippen molar-refractivity contribution in [3.05, 3.63) is 54.1 Å². The topological polar surface area (TPSA) is 54.5 Å². The molecule has 1 fully saturated rings. The number of carbonyl (C=O) groups is 1. The Kier molecular flexibility index (Phi) is 5.48. The van der Waals surface area contributed by atoms with Crippen molar-refractivity contribution < 1.29 is 9.53 Å². The zero-order valence-corrected chi connectivity index (χ0v) is 17.0. The summed E-state index contributed by atoms with van der Waals surface area (Å²) in [5.41, 5.74) is 2.14. The first kappa shape index (κ1) is 18.7. The number of nitrogens with one attached hydrogen (secondary N) is 1. The van der Waals surface area contributed by atoms with Crippen molar-refractivity contribution in [3.8, 4) is 5.75 Å². The number of thiazole rings is 1. The van der Waals surface area contributed by atoms with Gasteiger partial charge in [-0.15, -0.1) is 0 Å². The number of ether oxygens (including phenoxy) is 1. The van der Waals surface area contributed by atoms with Gasteiger partial charge >= 0.3 is 0 Å². The van der Waals surface area contributed by atoms with Gasteiger partial charge in [0.1, 0.15) is 5.75 Å². The molecule has 0 bridgehead atoms. The van der Waals surface area contributed by atoms with Crippen LogP contribution in [0.4, 0.5) is 5.13 Å². The molecule has 0 spiro atoms. The van der Waals surface area contributed by atoms with E-state index >= 15 is 0 Å². The van der Waals surface area contributed by atoms with Gasteiger partial charge in [0.05, 0.1) is 23.4 Å². The van der Waals surface area contributed by atoms with E-state index in [1.54, 1.807) is 18.4 Å². The molecule has 6 heteroatoms. The second-order valence-electron chi connectivity index (χ2n) is 7.23. The first-order valence-electron chi connectivity index (χ1n) is 9.69. The molecule has 3 aromatic rings. The van der Waals surface area contributed by atoms with Crippen molar-refractivity contribution in [2.24, 2.45) is 5.92 Å². The Morgan fingerprint density at radius 1 is 1.18 bits per heavy atom. The van der Waals surface area contributed by atoms with E-state index < -0.39 is 0 Å². The molecule has 0 aliphatic carbocycles. The number of rotatable bonds is 5. The highest BCUT2D eigenvalue weighted by molar-refractivity contribution is 7.22. The van der Waals surface area contributed by atoms with Crippen molar-refractivity contribution in [1.82, 2.24) is 10.3 Å². The molecule has 4 rings (SSSR count). The van der Waals surface area contributed by atoms with Crippen molar-refractivity contribution >= 4 is 32.6 Å². The lowest BCUT2D eigenvalue weighted by Crippen LogP contribution is -2.41. The molecule has 1 atom stereocenters. The molecule has 1 aromatic heterocycles. The largest absolute Gasteiger partial charge is 0.497 e. The van der Waals surface area contributed by atoms with E-state index in [0.29, 0.717) is 0 Å². The summed E-state index contributed by atoms with van der Waals surface area (Å²) in [5.74, 6) is 1.03. The first-order chi connectivity index (χ1) is 13.6. The monoisotopic (exact) mass is 395 g/mol. The molecular formula is C22H25N3O2S. The third-order valence-electron chi connectivity index (χ3n) is 5.39. The zero-order valence-electron chi connectivity index (χ0n) is 16.2.